The van der Waals surface area contributed by atoms with Crippen LogP contribution >= 0.6 is 23.2 Å². The van der Waals surface area contributed by atoms with E-state index in [1.165, 1.54) is 38.9 Å². The number of fused-ring (bicyclic) bond motifs is 1. The summed E-state index contributed by atoms with van der Waals surface area (Å²) >= 11 is 12.5. The smallest absolute Gasteiger partial charge is 0.190 e. The number of nitrogens with zero attached hydrogens (tertiary/aromatic N) is 7. The summed E-state index contributed by atoms with van der Waals surface area (Å²) in [6.07, 6.45) is 5.61. The maximum atomic E-state index is 9.62. The minimum atomic E-state index is -0.227. The second-order valence-corrected chi connectivity index (χ2v) is 10.4. The molecule has 0 bridgehead atoms. The maximum Gasteiger partial charge on any atom is 0.190 e. The molecule has 9 heteroatoms. The van der Waals surface area contributed by atoms with Crippen molar-refractivity contribution in [1.82, 2.24) is 24.6 Å². The molecule has 2 saturated heterocycles. The summed E-state index contributed by atoms with van der Waals surface area (Å²) in [6, 6.07) is 7.34. The zero-order valence-electron chi connectivity index (χ0n) is 19.6. The molecule has 0 radical (unpaired) electrons. The fraction of sp³-hybridized carbons (Fsp3) is 0.520. The molecule has 178 valence electrons. The standard InChI is InChI=1S/C25H29Cl2N7/c1-3-8-32-9-4-5-17(13-32)18-14-33(15-18)23-12-29-24-22(11-28)31-34(25(24)30-23)16(2)20-7-6-19(26)10-21(20)27/h6-7,10,12,16-18H,3-5,8-9,13-15H2,1-2H3/t16?,17-/m1/s1. The van der Waals surface area contributed by atoms with Crippen LogP contribution in [0, 0.1) is 23.2 Å². The van der Waals surface area contributed by atoms with Crippen LogP contribution in [0.15, 0.2) is 24.4 Å². The summed E-state index contributed by atoms with van der Waals surface area (Å²) in [4.78, 5) is 14.4. The Kier molecular flexibility index (Phi) is 6.65. The van der Waals surface area contributed by atoms with E-state index < -0.39 is 0 Å². The highest BCUT2D eigenvalue weighted by Gasteiger charge is 2.36. The zero-order valence-corrected chi connectivity index (χ0v) is 21.1. The molecule has 2 aliphatic rings. The second kappa shape index (κ2) is 9.69. The lowest BCUT2D eigenvalue weighted by molar-refractivity contribution is 0.120. The molecule has 4 heterocycles. The first-order chi connectivity index (χ1) is 16.5. The van der Waals surface area contributed by atoms with Crippen LogP contribution in [0.1, 0.15) is 50.4 Å². The molecule has 7 nitrogen and oxygen atoms in total. The summed E-state index contributed by atoms with van der Waals surface area (Å²) in [7, 11) is 0. The summed E-state index contributed by atoms with van der Waals surface area (Å²) < 4.78 is 1.75. The number of benzene rings is 1. The van der Waals surface area contributed by atoms with Crippen LogP contribution in [-0.2, 0) is 0 Å². The van der Waals surface area contributed by atoms with Crippen LogP contribution in [0.2, 0.25) is 10.0 Å². The van der Waals surface area contributed by atoms with Crippen molar-refractivity contribution in [3.8, 4) is 6.07 Å². The summed E-state index contributed by atoms with van der Waals surface area (Å²) in [6.45, 7) is 9.91. The number of halogens is 2. The van der Waals surface area contributed by atoms with Crippen molar-refractivity contribution >= 4 is 40.2 Å². The Morgan fingerprint density at radius 1 is 1.21 bits per heavy atom. The summed E-state index contributed by atoms with van der Waals surface area (Å²) in [5.74, 6) is 2.30. The van der Waals surface area contributed by atoms with E-state index in [1.54, 1.807) is 23.0 Å². The number of nitriles is 1. The molecule has 1 aromatic carbocycles. The van der Waals surface area contributed by atoms with E-state index in [0.717, 1.165) is 30.4 Å². The third-order valence-electron chi connectivity index (χ3n) is 7.26. The molecule has 0 saturated carbocycles. The summed E-state index contributed by atoms with van der Waals surface area (Å²) in [5, 5.41) is 15.3. The van der Waals surface area contributed by atoms with Gasteiger partial charge < -0.3 is 9.80 Å². The Morgan fingerprint density at radius 2 is 2.03 bits per heavy atom. The number of anilines is 1. The Bertz CT molecular complexity index is 1230. The van der Waals surface area contributed by atoms with E-state index in [1.807, 2.05) is 13.0 Å². The molecule has 3 aromatic rings. The van der Waals surface area contributed by atoms with Crippen LogP contribution in [0.25, 0.3) is 11.2 Å². The van der Waals surface area contributed by atoms with Gasteiger partial charge in [0.05, 0.1) is 12.2 Å². The van der Waals surface area contributed by atoms with Crippen LogP contribution in [0.5, 0.6) is 0 Å². The van der Waals surface area contributed by atoms with Gasteiger partial charge in [0, 0.05) is 29.7 Å². The van der Waals surface area contributed by atoms with Gasteiger partial charge in [-0.3, -0.25) is 0 Å². The Morgan fingerprint density at radius 3 is 2.76 bits per heavy atom. The fourth-order valence-electron chi connectivity index (χ4n) is 5.36. The molecule has 2 aromatic heterocycles. The maximum absolute atomic E-state index is 9.62. The van der Waals surface area contributed by atoms with E-state index in [4.69, 9.17) is 28.2 Å². The van der Waals surface area contributed by atoms with Crippen molar-refractivity contribution in [1.29, 1.82) is 5.26 Å². The first-order valence-electron chi connectivity index (χ1n) is 12.1. The van der Waals surface area contributed by atoms with E-state index in [2.05, 4.69) is 32.9 Å². The van der Waals surface area contributed by atoms with E-state index in [-0.39, 0.29) is 11.7 Å². The van der Waals surface area contributed by atoms with Gasteiger partial charge in [0.1, 0.15) is 17.4 Å². The number of likely N-dealkylation sites (tertiary alicyclic amines) is 1. The fourth-order valence-corrected chi connectivity index (χ4v) is 5.93. The largest absolute Gasteiger partial charge is 0.355 e. The van der Waals surface area contributed by atoms with Crippen molar-refractivity contribution in [2.45, 2.75) is 39.2 Å². The first kappa shape index (κ1) is 23.3. The van der Waals surface area contributed by atoms with Crippen LogP contribution in [-0.4, -0.2) is 57.4 Å². The predicted molar refractivity (Wildman–Crippen MR) is 135 cm³/mol. The average Bonchev–Trinajstić information content (AvgIpc) is 3.16. The highest BCUT2D eigenvalue weighted by molar-refractivity contribution is 6.35. The first-order valence-corrected chi connectivity index (χ1v) is 12.8. The lowest BCUT2D eigenvalue weighted by Crippen LogP contribution is -2.53. The van der Waals surface area contributed by atoms with E-state index in [9.17, 15) is 5.26 Å². The Balaban J connectivity index is 1.38. The van der Waals surface area contributed by atoms with Crippen LogP contribution < -0.4 is 4.90 Å². The van der Waals surface area contributed by atoms with Gasteiger partial charge in [-0.15, -0.1) is 0 Å². The third kappa shape index (κ3) is 4.35. The SMILES string of the molecule is CCCN1CCC[C@@H](C2CN(c3cnc4c(C#N)nn(C(C)c5ccc(Cl)cc5Cl)c4n3)C2)C1. The van der Waals surface area contributed by atoms with Gasteiger partial charge in [0.15, 0.2) is 11.3 Å². The highest BCUT2D eigenvalue weighted by Crippen LogP contribution is 2.35. The molecule has 0 amide bonds. The van der Waals surface area contributed by atoms with Crippen molar-refractivity contribution < 1.29 is 0 Å². The number of rotatable bonds is 6. The van der Waals surface area contributed by atoms with Gasteiger partial charge in [-0.05, 0) is 68.8 Å². The normalized spacial score (nSPS) is 20.3. The van der Waals surface area contributed by atoms with Gasteiger partial charge >= 0.3 is 0 Å². The van der Waals surface area contributed by atoms with Gasteiger partial charge in [0.25, 0.3) is 0 Å². The summed E-state index contributed by atoms with van der Waals surface area (Å²) in [5.41, 5.74) is 2.25. The quantitative estimate of drug-likeness (QED) is 0.467. The number of piperidine rings is 1. The topological polar surface area (TPSA) is 73.9 Å². The van der Waals surface area contributed by atoms with E-state index >= 15 is 0 Å². The lowest BCUT2D eigenvalue weighted by Gasteiger charge is -2.47. The van der Waals surface area contributed by atoms with Crippen molar-refractivity contribution in [3.05, 3.63) is 45.7 Å². The molecule has 2 fully saturated rings. The molecule has 5 rings (SSSR count). The van der Waals surface area contributed by atoms with Gasteiger partial charge in [-0.2, -0.15) is 10.4 Å². The van der Waals surface area contributed by atoms with Gasteiger partial charge in [0.2, 0.25) is 0 Å². The van der Waals surface area contributed by atoms with Crippen molar-refractivity contribution in [2.75, 3.05) is 37.6 Å². The molecule has 1 unspecified atom stereocenters. The molecule has 2 atom stereocenters. The second-order valence-electron chi connectivity index (χ2n) is 9.52. The van der Waals surface area contributed by atoms with Gasteiger partial charge in [-0.25, -0.2) is 14.6 Å². The van der Waals surface area contributed by atoms with Crippen molar-refractivity contribution in [2.24, 2.45) is 11.8 Å². The molecule has 2 aliphatic heterocycles. The highest BCUT2D eigenvalue weighted by atomic mass is 35.5. The monoisotopic (exact) mass is 497 g/mol. The Labute approximate surface area is 210 Å². The number of aromatic nitrogens is 4. The average molecular weight is 498 g/mol. The third-order valence-corrected chi connectivity index (χ3v) is 7.82. The number of hydrogen-bond acceptors (Lipinski definition) is 6. The predicted octanol–water partition coefficient (Wildman–Crippen LogP) is 5.17. The lowest BCUT2D eigenvalue weighted by atomic mass is 9.80. The van der Waals surface area contributed by atoms with Gasteiger partial charge in [-0.1, -0.05) is 36.2 Å². The molecular formula is C25H29Cl2N7. The van der Waals surface area contributed by atoms with Crippen LogP contribution in [0.4, 0.5) is 5.82 Å². The molecule has 0 aliphatic carbocycles. The molecule has 0 N–H and O–H groups in total. The molecular weight excluding hydrogens is 469 g/mol. The van der Waals surface area contributed by atoms with E-state index in [0.29, 0.717) is 27.1 Å². The minimum Gasteiger partial charge on any atom is -0.355 e. The zero-order chi connectivity index (χ0) is 23.8. The molecule has 34 heavy (non-hydrogen) atoms. The Hall–Kier alpha value is -2.40. The van der Waals surface area contributed by atoms with Crippen LogP contribution in [0.3, 0.4) is 0 Å². The number of hydrogen-bond donors (Lipinski definition) is 0. The van der Waals surface area contributed by atoms with Crippen molar-refractivity contribution in [3.63, 3.8) is 0 Å². The minimum absolute atomic E-state index is 0.227. The molecule has 0 spiro atoms.